The molecule has 0 aliphatic rings. The van der Waals surface area contributed by atoms with Gasteiger partial charge in [-0.25, -0.2) is 4.98 Å². The van der Waals surface area contributed by atoms with E-state index in [1.807, 2.05) is 6.07 Å². The summed E-state index contributed by atoms with van der Waals surface area (Å²) in [7, 11) is 0. The highest BCUT2D eigenvalue weighted by molar-refractivity contribution is 5.79. The molecule has 0 atom stereocenters. The van der Waals surface area contributed by atoms with Crippen LogP contribution < -0.4 is 0 Å². The normalized spacial score (nSPS) is 10.6. The molecular formula is C15H10N4O4. The quantitative estimate of drug-likeness (QED) is 0.542. The summed E-state index contributed by atoms with van der Waals surface area (Å²) in [6.07, 6.45) is 2.59. The fourth-order valence-corrected chi connectivity index (χ4v) is 2.42. The first-order chi connectivity index (χ1) is 11.0. The first-order valence-electron chi connectivity index (χ1n) is 6.54. The van der Waals surface area contributed by atoms with Crippen molar-refractivity contribution in [2.75, 3.05) is 0 Å². The van der Waals surface area contributed by atoms with Crippen LogP contribution >= 0.6 is 0 Å². The van der Waals surface area contributed by atoms with E-state index in [4.69, 9.17) is 0 Å². The van der Waals surface area contributed by atoms with E-state index in [0.717, 1.165) is 6.08 Å². The molecule has 0 aliphatic heterocycles. The molecule has 0 bridgehead atoms. The van der Waals surface area contributed by atoms with Gasteiger partial charge in [-0.3, -0.25) is 24.8 Å². The Morgan fingerprint density at radius 1 is 1.09 bits per heavy atom. The largest absolute Gasteiger partial charge is 0.298 e. The van der Waals surface area contributed by atoms with Crippen molar-refractivity contribution in [3.05, 3.63) is 75.1 Å². The van der Waals surface area contributed by atoms with Crippen LogP contribution in [0.15, 0.2) is 49.3 Å². The number of nitro groups is 2. The molecule has 0 fully saturated rings. The molecule has 0 aliphatic carbocycles. The minimum absolute atomic E-state index is 0.117. The zero-order valence-electron chi connectivity index (χ0n) is 11.7. The van der Waals surface area contributed by atoms with Crippen LogP contribution in [0, 0.1) is 20.2 Å². The summed E-state index contributed by atoms with van der Waals surface area (Å²) in [6, 6.07) is 9.72. The molecule has 1 aromatic heterocycles. The van der Waals surface area contributed by atoms with Crippen LogP contribution in [0.3, 0.4) is 0 Å². The van der Waals surface area contributed by atoms with Crippen molar-refractivity contribution >= 4 is 28.5 Å². The van der Waals surface area contributed by atoms with Crippen LogP contribution in [0.4, 0.5) is 11.4 Å². The van der Waals surface area contributed by atoms with E-state index in [9.17, 15) is 20.2 Å². The average molecular weight is 310 g/mol. The lowest BCUT2D eigenvalue weighted by molar-refractivity contribution is -0.394. The third-order valence-corrected chi connectivity index (χ3v) is 3.45. The van der Waals surface area contributed by atoms with Gasteiger partial charge >= 0.3 is 0 Å². The minimum atomic E-state index is -0.660. The number of benzene rings is 2. The predicted octanol–water partition coefficient (Wildman–Crippen LogP) is 3.48. The number of nitro benzene ring substituents is 2. The van der Waals surface area contributed by atoms with Gasteiger partial charge in [-0.05, 0) is 18.2 Å². The molecule has 114 valence electrons. The number of hydrogen-bond donors (Lipinski definition) is 0. The summed E-state index contributed by atoms with van der Waals surface area (Å²) in [5.74, 6) is 0. The highest BCUT2D eigenvalue weighted by Gasteiger charge is 2.25. The fraction of sp³-hybridized carbons (Fsp3) is 0. The van der Waals surface area contributed by atoms with Gasteiger partial charge < -0.3 is 0 Å². The van der Waals surface area contributed by atoms with Gasteiger partial charge in [0.1, 0.15) is 11.9 Å². The Labute approximate surface area is 129 Å². The Bertz CT molecular complexity index is 926. The molecule has 2 aromatic carbocycles. The summed E-state index contributed by atoms with van der Waals surface area (Å²) in [5, 5.41) is 22.5. The summed E-state index contributed by atoms with van der Waals surface area (Å²) in [6.45, 7) is 3.43. The van der Waals surface area contributed by atoms with Gasteiger partial charge in [0.2, 0.25) is 0 Å². The second-order valence-corrected chi connectivity index (χ2v) is 4.72. The second kappa shape index (κ2) is 5.34. The van der Waals surface area contributed by atoms with Crippen molar-refractivity contribution < 1.29 is 9.85 Å². The van der Waals surface area contributed by atoms with Gasteiger partial charge in [0.25, 0.3) is 11.4 Å². The van der Waals surface area contributed by atoms with Crippen LogP contribution in [-0.2, 0) is 0 Å². The Morgan fingerprint density at radius 3 is 2.26 bits per heavy atom. The highest BCUT2D eigenvalue weighted by atomic mass is 16.6. The lowest BCUT2D eigenvalue weighted by Crippen LogP contribution is -2.01. The monoisotopic (exact) mass is 310 g/mol. The predicted molar refractivity (Wildman–Crippen MR) is 84.5 cm³/mol. The molecule has 0 amide bonds. The van der Waals surface area contributed by atoms with E-state index in [0.29, 0.717) is 16.7 Å². The maximum absolute atomic E-state index is 11.3. The van der Waals surface area contributed by atoms with E-state index in [2.05, 4.69) is 11.6 Å². The summed E-state index contributed by atoms with van der Waals surface area (Å²) < 4.78 is 1.57. The van der Waals surface area contributed by atoms with Crippen molar-refractivity contribution in [3.63, 3.8) is 0 Å². The molecule has 1 heterocycles. The summed E-state index contributed by atoms with van der Waals surface area (Å²) in [4.78, 5) is 25.4. The van der Waals surface area contributed by atoms with Gasteiger partial charge in [0, 0.05) is 12.1 Å². The Morgan fingerprint density at radius 2 is 1.70 bits per heavy atom. The Kier molecular flexibility index (Phi) is 3.34. The number of imidazole rings is 1. The van der Waals surface area contributed by atoms with E-state index in [1.165, 1.54) is 18.5 Å². The molecular weight excluding hydrogens is 300 g/mol. The van der Waals surface area contributed by atoms with Gasteiger partial charge in [-0.1, -0.05) is 18.7 Å². The number of aromatic nitrogens is 2. The van der Waals surface area contributed by atoms with Gasteiger partial charge in [0.05, 0.1) is 26.6 Å². The lowest BCUT2D eigenvalue weighted by Gasteiger charge is -2.07. The van der Waals surface area contributed by atoms with Crippen LogP contribution in [0.1, 0.15) is 5.56 Å². The van der Waals surface area contributed by atoms with Crippen LogP contribution in [-0.4, -0.2) is 19.4 Å². The number of para-hydroxylation sites is 2. The van der Waals surface area contributed by atoms with E-state index in [-0.39, 0.29) is 16.9 Å². The summed E-state index contributed by atoms with van der Waals surface area (Å²) >= 11 is 0. The molecule has 0 saturated heterocycles. The summed E-state index contributed by atoms with van der Waals surface area (Å²) in [5.41, 5.74) is 0.813. The molecule has 8 nitrogen and oxygen atoms in total. The molecule has 8 heteroatoms. The molecule has 0 N–H and O–H groups in total. The topological polar surface area (TPSA) is 104 Å². The van der Waals surface area contributed by atoms with Crippen molar-refractivity contribution in [2.45, 2.75) is 0 Å². The SMILES string of the molecule is C=Cc1c([N+](=O)[O-])cc(-n2cnc3ccccc32)cc1[N+](=O)[O-]. The molecule has 23 heavy (non-hydrogen) atoms. The maximum atomic E-state index is 11.3. The molecule has 0 spiro atoms. The molecule has 3 rings (SSSR count). The third kappa shape index (κ3) is 2.31. The number of fused-ring (bicyclic) bond motifs is 1. The number of nitrogens with zero attached hydrogens (tertiary/aromatic N) is 4. The zero-order valence-corrected chi connectivity index (χ0v) is 11.7. The zero-order chi connectivity index (χ0) is 16.6. The minimum Gasteiger partial charge on any atom is -0.298 e. The smallest absolute Gasteiger partial charge is 0.285 e. The van der Waals surface area contributed by atoms with Gasteiger partial charge in [-0.15, -0.1) is 0 Å². The Balaban J connectivity index is 2.34. The highest BCUT2D eigenvalue weighted by Crippen LogP contribution is 2.33. The average Bonchev–Trinajstić information content (AvgIpc) is 2.97. The number of hydrogen-bond acceptors (Lipinski definition) is 5. The van der Waals surface area contributed by atoms with Crippen molar-refractivity contribution in [3.8, 4) is 5.69 Å². The van der Waals surface area contributed by atoms with Crippen molar-refractivity contribution in [1.29, 1.82) is 0 Å². The molecule has 3 aromatic rings. The van der Waals surface area contributed by atoms with E-state index >= 15 is 0 Å². The van der Waals surface area contributed by atoms with Crippen LogP contribution in [0.5, 0.6) is 0 Å². The maximum Gasteiger partial charge on any atom is 0.285 e. The molecule has 0 saturated carbocycles. The van der Waals surface area contributed by atoms with Crippen LogP contribution in [0.25, 0.3) is 22.8 Å². The molecule has 0 unspecified atom stereocenters. The third-order valence-electron chi connectivity index (χ3n) is 3.45. The first-order valence-corrected chi connectivity index (χ1v) is 6.54. The Hall–Kier alpha value is -3.55. The standard InChI is InChI=1S/C15H10N4O4/c1-2-11-14(18(20)21)7-10(8-15(11)19(22)23)17-9-16-12-5-3-4-6-13(12)17/h2-9H,1H2. The van der Waals surface area contributed by atoms with Gasteiger partial charge in [-0.2, -0.15) is 0 Å². The van der Waals surface area contributed by atoms with Gasteiger partial charge in [0.15, 0.2) is 0 Å². The van der Waals surface area contributed by atoms with Crippen LogP contribution in [0.2, 0.25) is 0 Å². The van der Waals surface area contributed by atoms with Crippen molar-refractivity contribution in [1.82, 2.24) is 9.55 Å². The van der Waals surface area contributed by atoms with E-state index in [1.54, 1.807) is 22.8 Å². The fourth-order valence-electron chi connectivity index (χ4n) is 2.42. The van der Waals surface area contributed by atoms with Crippen molar-refractivity contribution in [2.24, 2.45) is 0 Å². The van der Waals surface area contributed by atoms with E-state index < -0.39 is 9.85 Å². The lowest BCUT2D eigenvalue weighted by atomic mass is 10.1. The second-order valence-electron chi connectivity index (χ2n) is 4.72. The first kappa shape index (κ1) is 14.4. The number of rotatable bonds is 4. The molecule has 0 radical (unpaired) electrons.